The molecule has 1 atom stereocenters. The Kier molecular flexibility index (Phi) is 4.92. The number of urea groups is 1. The summed E-state index contributed by atoms with van der Waals surface area (Å²) >= 11 is 3.06. The summed E-state index contributed by atoms with van der Waals surface area (Å²) in [5.41, 5.74) is 2.15. The zero-order chi connectivity index (χ0) is 18.8. The molecule has 2 aromatic rings. The molecule has 1 unspecified atom stereocenters. The van der Waals surface area contributed by atoms with E-state index in [2.05, 4.69) is 6.07 Å². The van der Waals surface area contributed by atoms with Gasteiger partial charge in [0.25, 0.3) is 0 Å². The van der Waals surface area contributed by atoms with Gasteiger partial charge in [-0.25, -0.2) is 4.79 Å². The highest BCUT2D eigenvalue weighted by Gasteiger charge is 2.48. The van der Waals surface area contributed by atoms with Crippen molar-refractivity contribution in [3.8, 4) is 6.07 Å². The molecule has 0 saturated heterocycles. The molecule has 0 aliphatic carbocycles. The van der Waals surface area contributed by atoms with Crippen molar-refractivity contribution in [3.63, 3.8) is 0 Å². The molecule has 2 aliphatic heterocycles. The summed E-state index contributed by atoms with van der Waals surface area (Å²) in [5.74, 6) is -0.149. The van der Waals surface area contributed by atoms with Crippen molar-refractivity contribution in [2.75, 3.05) is 6.54 Å². The molecule has 0 spiro atoms. The molecule has 0 bridgehead atoms. The molecule has 3 heterocycles. The molecule has 0 saturated carbocycles. The maximum atomic E-state index is 13.1. The van der Waals surface area contributed by atoms with Crippen LogP contribution in [-0.4, -0.2) is 38.9 Å². The standard InChI is InChI=1S/C20H16N3O2S2/c21-12-14-3-1-4-15(11-14)13-23-17-7-10-27-18(17)19(24)22(20(23)25)8-6-16-5-2-9-26-16/h1-5,7,9-11,18H,6,8,13H2/q+1. The third-order valence-electron chi connectivity index (χ3n) is 4.54. The molecule has 0 fully saturated rings. The van der Waals surface area contributed by atoms with Gasteiger partial charge in [0.2, 0.25) is 0 Å². The number of hydrogen-bond donors (Lipinski definition) is 0. The average Bonchev–Trinajstić information content (AvgIpc) is 3.37. The maximum Gasteiger partial charge on any atom is 0.501 e. The first-order valence-electron chi connectivity index (χ1n) is 8.50. The molecule has 1 aromatic heterocycles. The van der Waals surface area contributed by atoms with E-state index in [9.17, 15) is 9.59 Å². The van der Waals surface area contributed by atoms with Crippen molar-refractivity contribution in [2.24, 2.45) is 0 Å². The number of thioether (sulfide) groups is 1. The Balaban J connectivity index is 1.62. The fourth-order valence-electron chi connectivity index (χ4n) is 3.22. The van der Waals surface area contributed by atoms with Crippen LogP contribution in [-0.2, 0) is 17.8 Å². The van der Waals surface area contributed by atoms with Gasteiger partial charge in [-0.3, -0.25) is 0 Å². The van der Waals surface area contributed by atoms with Crippen molar-refractivity contribution >= 4 is 40.7 Å². The van der Waals surface area contributed by atoms with E-state index in [0.29, 0.717) is 25.1 Å². The van der Waals surface area contributed by atoms with Crippen LogP contribution in [0.3, 0.4) is 0 Å². The van der Waals surface area contributed by atoms with Gasteiger partial charge in [-0.05, 0) is 40.6 Å². The lowest BCUT2D eigenvalue weighted by molar-refractivity contribution is -0.454. The monoisotopic (exact) mass is 394 g/mol. The summed E-state index contributed by atoms with van der Waals surface area (Å²) in [4.78, 5) is 28.4. The number of rotatable bonds is 5. The van der Waals surface area contributed by atoms with Gasteiger partial charge in [-0.2, -0.15) is 19.5 Å². The third-order valence-corrected chi connectivity index (χ3v) is 6.49. The highest BCUT2D eigenvalue weighted by molar-refractivity contribution is 8.04. The second-order valence-corrected chi connectivity index (χ2v) is 8.29. The molecular weight excluding hydrogens is 378 g/mol. The topological polar surface area (TPSA) is 64.2 Å². The minimum absolute atomic E-state index is 0.149. The Labute approximate surface area is 165 Å². The highest BCUT2D eigenvalue weighted by Crippen LogP contribution is 2.28. The second kappa shape index (κ2) is 7.51. The van der Waals surface area contributed by atoms with E-state index in [1.165, 1.54) is 16.7 Å². The average molecular weight is 395 g/mol. The van der Waals surface area contributed by atoms with E-state index in [1.54, 1.807) is 28.0 Å². The zero-order valence-corrected chi connectivity index (χ0v) is 16.0. The summed E-state index contributed by atoms with van der Waals surface area (Å²) in [7, 11) is 0. The Hall–Kier alpha value is -2.69. The lowest BCUT2D eigenvalue weighted by Gasteiger charge is -2.24. The van der Waals surface area contributed by atoms with Crippen molar-refractivity contribution in [1.82, 2.24) is 4.90 Å². The fourth-order valence-corrected chi connectivity index (χ4v) is 4.88. The smallest absolute Gasteiger partial charge is 0.245 e. The predicted molar refractivity (Wildman–Crippen MR) is 106 cm³/mol. The van der Waals surface area contributed by atoms with Crippen LogP contribution in [0.1, 0.15) is 16.0 Å². The Morgan fingerprint density at radius 3 is 2.89 bits per heavy atom. The van der Waals surface area contributed by atoms with Crippen molar-refractivity contribution in [2.45, 2.75) is 18.2 Å². The molecule has 5 nitrogen and oxygen atoms in total. The largest absolute Gasteiger partial charge is 0.501 e. The van der Waals surface area contributed by atoms with Crippen molar-refractivity contribution in [3.05, 3.63) is 69.3 Å². The van der Waals surface area contributed by atoms with Crippen molar-refractivity contribution < 1.29 is 14.2 Å². The molecule has 1 aromatic carbocycles. The van der Waals surface area contributed by atoms with Crippen molar-refractivity contribution in [1.29, 1.82) is 5.26 Å². The van der Waals surface area contributed by atoms with E-state index in [-0.39, 0.29) is 17.2 Å². The van der Waals surface area contributed by atoms with Gasteiger partial charge in [0.05, 0.1) is 11.6 Å². The van der Waals surface area contributed by atoms with Gasteiger partial charge in [0.15, 0.2) is 5.25 Å². The molecule has 27 heavy (non-hydrogen) atoms. The summed E-state index contributed by atoms with van der Waals surface area (Å²) in [5, 5.41) is 12.6. The van der Waals surface area contributed by atoms with Gasteiger partial charge in [0, 0.05) is 11.3 Å². The minimum atomic E-state index is -0.370. The van der Waals surface area contributed by atoms with E-state index in [0.717, 1.165) is 16.2 Å². The first-order valence-corrected chi connectivity index (χ1v) is 10.3. The predicted octanol–water partition coefficient (Wildman–Crippen LogP) is 3.41. The first-order chi connectivity index (χ1) is 13.2. The van der Waals surface area contributed by atoms with Crippen LogP contribution in [0.4, 0.5) is 4.79 Å². The number of carbonyl (C=O) groups is 2. The highest BCUT2D eigenvalue weighted by atomic mass is 32.2. The zero-order valence-electron chi connectivity index (χ0n) is 14.4. The molecule has 7 heteroatoms. The number of hydrogen-bond acceptors (Lipinski definition) is 5. The number of amides is 3. The number of allylic oxidation sites excluding steroid dienone is 1. The quantitative estimate of drug-likeness (QED) is 0.729. The van der Waals surface area contributed by atoms with Crippen LogP contribution >= 0.6 is 23.1 Å². The van der Waals surface area contributed by atoms with E-state index in [1.807, 2.05) is 41.1 Å². The van der Waals surface area contributed by atoms with Gasteiger partial charge >= 0.3 is 11.9 Å². The molecule has 4 rings (SSSR count). The number of fused-ring (bicyclic) bond motifs is 1. The van der Waals surface area contributed by atoms with Crippen LogP contribution in [0.25, 0.3) is 0 Å². The van der Waals surface area contributed by atoms with Crippen LogP contribution in [0.2, 0.25) is 0 Å². The number of nitrogens with zero attached hydrogens (tertiary/aromatic N) is 3. The van der Waals surface area contributed by atoms with Gasteiger partial charge < -0.3 is 0 Å². The van der Waals surface area contributed by atoms with Crippen LogP contribution in [0, 0.1) is 11.3 Å². The van der Waals surface area contributed by atoms with E-state index in [4.69, 9.17) is 5.26 Å². The second-order valence-electron chi connectivity index (χ2n) is 6.24. The van der Waals surface area contributed by atoms with Crippen LogP contribution < -0.4 is 0 Å². The summed E-state index contributed by atoms with van der Waals surface area (Å²) in [6.07, 6.45) is 2.50. The normalized spacial score (nSPS) is 18.8. The molecule has 3 amide bonds. The molecule has 0 N–H and O–H groups in total. The number of carbonyl (C=O) groups excluding carboxylic acids is 2. The number of benzene rings is 1. The number of thiophene rings is 1. The Morgan fingerprint density at radius 2 is 2.11 bits per heavy atom. The fraction of sp³-hybridized carbons (Fsp3) is 0.200. The molecule has 134 valence electrons. The van der Waals surface area contributed by atoms with E-state index >= 15 is 0 Å². The maximum absolute atomic E-state index is 13.1. The summed E-state index contributed by atoms with van der Waals surface area (Å²) in [6.45, 7) is 0.713. The van der Waals surface area contributed by atoms with Crippen LogP contribution in [0.5, 0.6) is 0 Å². The first kappa shape index (κ1) is 17.7. The molecule has 2 aliphatic rings. The van der Waals surface area contributed by atoms with Gasteiger partial charge in [0.1, 0.15) is 18.8 Å². The number of imide groups is 1. The molecule has 0 radical (unpaired) electrons. The Bertz CT molecular complexity index is 1000. The SMILES string of the molecule is N#Cc1cccc(C[N+]2=C3C=CSC3C(=O)N(CCc3cccs3)C2=O)c1. The van der Waals surface area contributed by atoms with E-state index < -0.39 is 0 Å². The van der Waals surface area contributed by atoms with Gasteiger partial charge in [-0.1, -0.05) is 18.2 Å². The van der Waals surface area contributed by atoms with Crippen LogP contribution in [0.15, 0.2) is 53.3 Å². The Morgan fingerprint density at radius 1 is 1.22 bits per heavy atom. The lowest BCUT2D eigenvalue weighted by Crippen LogP contribution is -2.55. The lowest BCUT2D eigenvalue weighted by atomic mass is 10.1. The number of nitriles is 1. The summed E-state index contributed by atoms with van der Waals surface area (Å²) < 4.78 is 1.66. The third kappa shape index (κ3) is 3.46. The van der Waals surface area contributed by atoms with Gasteiger partial charge in [-0.15, -0.1) is 23.1 Å². The molecular formula is C20H16N3O2S2+. The summed E-state index contributed by atoms with van der Waals surface area (Å²) in [6, 6.07) is 13.0. The minimum Gasteiger partial charge on any atom is -0.245 e.